The molecule has 0 spiro atoms. The number of sulfone groups is 1. The van der Waals surface area contributed by atoms with E-state index in [2.05, 4.69) is 10.1 Å². The molecule has 0 rings (SSSR count). The summed E-state index contributed by atoms with van der Waals surface area (Å²) in [4.78, 5) is 21.9. The summed E-state index contributed by atoms with van der Waals surface area (Å²) >= 11 is 0. The monoisotopic (exact) mass is 281 g/mol. The Hall–Kier alpha value is -1.15. The highest BCUT2D eigenvalue weighted by molar-refractivity contribution is 7.92. The number of rotatable bonds is 8. The maximum absolute atomic E-state index is 11.5. The Morgan fingerprint density at radius 1 is 1.33 bits per heavy atom. The first-order valence-corrected chi connectivity index (χ1v) is 7.22. The van der Waals surface area contributed by atoms with E-state index < -0.39 is 33.6 Å². The van der Waals surface area contributed by atoms with Crippen LogP contribution in [0.4, 0.5) is 0 Å². The van der Waals surface area contributed by atoms with Crippen LogP contribution in [0.5, 0.6) is 0 Å². The van der Waals surface area contributed by atoms with E-state index in [0.29, 0.717) is 0 Å². The minimum Gasteiger partial charge on any atom is -0.479 e. The second-order valence-corrected chi connectivity index (χ2v) is 6.42. The van der Waals surface area contributed by atoms with E-state index in [1.807, 2.05) is 0 Å². The summed E-state index contributed by atoms with van der Waals surface area (Å²) in [6.07, 6.45) is -1.18. The number of carbonyl (C=O) groups is 2. The van der Waals surface area contributed by atoms with Gasteiger partial charge in [-0.1, -0.05) is 13.8 Å². The van der Waals surface area contributed by atoms with Gasteiger partial charge in [0.25, 0.3) is 0 Å². The van der Waals surface area contributed by atoms with Crippen molar-refractivity contribution in [2.75, 3.05) is 25.2 Å². The number of ether oxygens (including phenoxy) is 1. The molecule has 1 atom stereocenters. The van der Waals surface area contributed by atoms with Crippen LogP contribution in [0.3, 0.4) is 0 Å². The number of nitrogens with one attached hydrogen (secondary N) is 1. The highest BCUT2D eigenvalue weighted by Crippen LogP contribution is 2.00. The first kappa shape index (κ1) is 16.9. The van der Waals surface area contributed by atoms with E-state index in [4.69, 9.17) is 5.11 Å². The van der Waals surface area contributed by atoms with Gasteiger partial charge in [0, 0.05) is 7.11 Å². The number of hydrogen-bond donors (Lipinski definition) is 2. The normalized spacial score (nSPS) is 13.3. The van der Waals surface area contributed by atoms with Crippen LogP contribution in [0.2, 0.25) is 0 Å². The van der Waals surface area contributed by atoms with Gasteiger partial charge in [0.05, 0.1) is 12.3 Å². The van der Waals surface area contributed by atoms with Crippen molar-refractivity contribution < 1.29 is 27.9 Å². The van der Waals surface area contributed by atoms with E-state index in [1.165, 1.54) is 7.11 Å². The van der Waals surface area contributed by atoms with Gasteiger partial charge in [-0.15, -0.1) is 0 Å². The quantitative estimate of drug-likeness (QED) is 0.607. The van der Waals surface area contributed by atoms with Crippen molar-refractivity contribution in [2.45, 2.75) is 20.0 Å². The van der Waals surface area contributed by atoms with E-state index >= 15 is 0 Å². The van der Waals surface area contributed by atoms with Crippen LogP contribution in [0.25, 0.3) is 0 Å². The Balaban J connectivity index is 4.24. The molecule has 0 saturated heterocycles. The van der Waals surface area contributed by atoms with Gasteiger partial charge in [-0.25, -0.2) is 13.2 Å². The van der Waals surface area contributed by atoms with Gasteiger partial charge in [-0.05, 0) is 5.92 Å². The number of carboxylic acid groups (broad SMARTS) is 1. The lowest BCUT2D eigenvalue weighted by molar-refractivity contribution is -0.148. The van der Waals surface area contributed by atoms with Crippen molar-refractivity contribution >= 4 is 21.7 Å². The van der Waals surface area contributed by atoms with Gasteiger partial charge < -0.3 is 15.2 Å². The van der Waals surface area contributed by atoms with E-state index in [1.54, 1.807) is 13.8 Å². The van der Waals surface area contributed by atoms with Crippen LogP contribution in [0, 0.1) is 5.92 Å². The molecule has 0 aromatic heterocycles. The number of amides is 1. The highest BCUT2D eigenvalue weighted by Gasteiger charge is 2.21. The summed E-state index contributed by atoms with van der Waals surface area (Å²) in [5, 5.41) is 10.9. The van der Waals surface area contributed by atoms with E-state index in [9.17, 15) is 18.0 Å². The third-order valence-electron chi connectivity index (χ3n) is 1.98. The third kappa shape index (κ3) is 7.23. The fourth-order valence-corrected chi connectivity index (χ4v) is 2.93. The van der Waals surface area contributed by atoms with Gasteiger partial charge in [0.1, 0.15) is 5.75 Å². The minimum absolute atomic E-state index is 0.0615. The van der Waals surface area contributed by atoms with Crippen molar-refractivity contribution in [2.24, 2.45) is 5.92 Å². The fraction of sp³-hybridized carbons (Fsp3) is 0.800. The molecule has 0 aromatic rings. The summed E-state index contributed by atoms with van der Waals surface area (Å²) in [5.74, 6) is -2.72. The molecule has 106 valence electrons. The molecule has 0 aromatic carbocycles. The summed E-state index contributed by atoms with van der Waals surface area (Å²) in [7, 11) is -2.26. The first-order chi connectivity index (χ1) is 8.18. The summed E-state index contributed by atoms with van der Waals surface area (Å²) < 4.78 is 27.6. The maximum atomic E-state index is 11.5. The van der Waals surface area contributed by atoms with Crippen molar-refractivity contribution in [3.05, 3.63) is 0 Å². The van der Waals surface area contributed by atoms with Gasteiger partial charge in [-0.2, -0.15) is 0 Å². The molecule has 1 amide bonds. The van der Waals surface area contributed by atoms with E-state index in [0.717, 1.165) is 0 Å². The molecular weight excluding hydrogens is 262 g/mol. The SMILES string of the molecule is COC(CNC(=O)CS(=O)(=O)CC(C)C)C(=O)O. The smallest absolute Gasteiger partial charge is 0.334 e. The first-order valence-electron chi connectivity index (χ1n) is 5.40. The largest absolute Gasteiger partial charge is 0.479 e. The molecule has 0 aliphatic carbocycles. The zero-order chi connectivity index (χ0) is 14.3. The molecule has 0 bridgehead atoms. The van der Waals surface area contributed by atoms with Crippen molar-refractivity contribution in [3.63, 3.8) is 0 Å². The van der Waals surface area contributed by atoms with Gasteiger partial charge >= 0.3 is 5.97 Å². The van der Waals surface area contributed by atoms with Gasteiger partial charge in [0.15, 0.2) is 15.9 Å². The average molecular weight is 281 g/mol. The maximum Gasteiger partial charge on any atom is 0.334 e. The highest BCUT2D eigenvalue weighted by atomic mass is 32.2. The third-order valence-corrected chi connectivity index (χ3v) is 3.86. The zero-order valence-electron chi connectivity index (χ0n) is 10.7. The van der Waals surface area contributed by atoms with Crippen LogP contribution in [0.1, 0.15) is 13.8 Å². The molecule has 7 nitrogen and oxygen atoms in total. The van der Waals surface area contributed by atoms with Gasteiger partial charge in [-0.3, -0.25) is 4.79 Å². The zero-order valence-corrected chi connectivity index (χ0v) is 11.5. The predicted molar refractivity (Wildman–Crippen MR) is 64.9 cm³/mol. The minimum atomic E-state index is -3.46. The molecule has 0 radical (unpaired) electrons. The molecule has 0 aliphatic heterocycles. The molecule has 0 heterocycles. The van der Waals surface area contributed by atoms with Crippen LogP contribution in [-0.4, -0.2) is 56.7 Å². The standard InChI is InChI=1S/C10H19NO6S/c1-7(2)5-18(15,16)6-9(12)11-4-8(17-3)10(13)14/h7-8H,4-6H2,1-3H3,(H,11,12)(H,13,14). The van der Waals surface area contributed by atoms with Crippen molar-refractivity contribution in [1.82, 2.24) is 5.32 Å². The predicted octanol–water partition coefficient (Wildman–Crippen LogP) is -0.727. The Labute approximate surface area is 106 Å². The second-order valence-electron chi connectivity index (χ2n) is 4.32. The topological polar surface area (TPSA) is 110 Å². The average Bonchev–Trinajstić information content (AvgIpc) is 2.14. The fourth-order valence-electron chi connectivity index (χ4n) is 1.30. The van der Waals surface area contributed by atoms with Crippen LogP contribution in [-0.2, 0) is 24.2 Å². The number of aliphatic carboxylic acids is 1. The summed E-state index contributed by atoms with van der Waals surface area (Å²) in [5.41, 5.74) is 0. The molecule has 0 aliphatic rings. The molecule has 2 N–H and O–H groups in total. The summed E-state index contributed by atoms with van der Waals surface area (Å²) in [6, 6.07) is 0. The molecular formula is C10H19NO6S. The van der Waals surface area contributed by atoms with Crippen molar-refractivity contribution in [1.29, 1.82) is 0 Å². The molecule has 18 heavy (non-hydrogen) atoms. The Bertz CT molecular complexity index is 389. The van der Waals surface area contributed by atoms with Crippen LogP contribution < -0.4 is 5.32 Å². The van der Waals surface area contributed by atoms with Crippen LogP contribution >= 0.6 is 0 Å². The lowest BCUT2D eigenvalue weighted by Gasteiger charge is -2.12. The number of methoxy groups -OCH3 is 1. The molecule has 1 unspecified atom stereocenters. The van der Waals surface area contributed by atoms with Crippen LogP contribution in [0.15, 0.2) is 0 Å². The molecule has 0 fully saturated rings. The lowest BCUT2D eigenvalue weighted by atomic mass is 10.3. The Morgan fingerprint density at radius 3 is 2.28 bits per heavy atom. The lowest BCUT2D eigenvalue weighted by Crippen LogP contribution is -2.40. The van der Waals surface area contributed by atoms with Crippen molar-refractivity contribution in [3.8, 4) is 0 Å². The Kier molecular flexibility index (Phi) is 6.85. The number of carbonyl (C=O) groups excluding carboxylic acids is 1. The summed E-state index contributed by atoms with van der Waals surface area (Å²) in [6.45, 7) is 3.21. The second kappa shape index (κ2) is 7.32. The number of hydrogen-bond acceptors (Lipinski definition) is 5. The van der Waals surface area contributed by atoms with E-state index in [-0.39, 0.29) is 18.2 Å². The molecule has 0 saturated carbocycles. The Morgan fingerprint density at radius 2 is 1.89 bits per heavy atom. The van der Waals surface area contributed by atoms with Gasteiger partial charge in [0.2, 0.25) is 5.91 Å². The molecule has 8 heteroatoms. The number of carboxylic acids is 1.